The molecule has 1 atom stereocenters. The molecule has 1 N–H and O–H groups in total. The summed E-state index contributed by atoms with van der Waals surface area (Å²) < 4.78 is 3.93. The predicted octanol–water partition coefficient (Wildman–Crippen LogP) is 2.76. The summed E-state index contributed by atoms with van der Waals surface area (Å²) in [5, 5.41) is 10.4. The molecule has 2 aromatic rings. The van der Waals surface area contributed by atoms with E-state index in [4.69, 9.17) is 11.6 Å². The Bertz CT molecular complexity index is 535. The van der Waals surface area contributed by atoms with Gasteiger partial charge < -0.3 is 5.32 Å². The summed E-state index contributed by atoms with van der Waals surface area (Å²) in [7, 11) is 0. The van der Waals surface area contributed by atoms with Crippen molar-refractivity contribution in [2.75, 3.05) is 19.6 Å². The van der Waals surface area contributed by atoms with E-state index in [9.17, 15) is 0 Å². The molecule has 3 rings (SSSR count). The Kier molecular flexibility index (Phi) is 5.74. The Labute approximate surface area is 133 Å². The van der Waals surface area contributed by atoms with Crippen LogP contribution in [0.1, 0.15) is 17.3 Å². The van der Waals surface area contributed by atoms with Gasteiger partial charge in [-0.3, -0.25) is 4.90 Å². The predicted molar refractivity (Wildman–Crippen MR) is 84.6 cm³/mol. The monoisotopic (exact) mass is 330 g/mol. The molecule has 4 nitrogen and oxygen atoms in total. The molecule has 0 bridgehead atoms. The quantitative estimate of drug-likeness (QED) is 0.939. The van der Waals surface area contributed by atoms with Gasteiger partial charge in [0.1, 0.15) is 0 Å². The van der Waals surface area contributed by atoms with Crippen LogP contribution in [-0.4, -0.2) is 34.1 Å². The number of hydrogen-bond acceptors (Lipinski definition) is 5. The molecular formula is C13H16Cl2N4S. The van der Waals surface area contributed by atoms with Crippen LogP contribution in [0.15, 0.2) is 29.6 Å². The van der Waals surface area contributed by atoms with E-state index in [2.05, 4.69) is 25.9 Å². The van der Waals surface area contributed by atoms with Crippen molar-refractivity contribution in [1.29, 1.82) is 0 Å². The maximum atomic E-state index is 6.09. The van der Waals surface area contributed by atoms with E-state index < -0.39 is 0 Å². The molecule has 1 aliphatic rings. The van der Waals surface area contributed by atoms with Crippen molar-refractivity contribution in [2.24, 2.45) is 0 Å². The average Bonchev–Trinajstić information content (AvgIpc) is 2.92. The van der Waals surface area contributed by atoms with Crippen LogP contribution in [0.3, 0.4) is 0 Å². The van der Waals surface area contributed by atoms with Crippen molar-refractivity contribution >= 4 is 35.5 Å². The molecule has 1 aromatic carbocycles. The summed E-state index contributed by atoms with van der Waals surface area (Å²) in [5.74, 6) is 0. The maximum Gasteiger partial charge on any atom is 0.0895 e. The second kappa shape index (κ2) is 7.33. The van der Waals surface area contributed by atoms with Gasteiger partial charge in [0.2, 0.25) is 0 Å². The van der Waals surface area contributed by atoms with Crippen LogP contribution in [0.5, 0.6) is 0 Å². The highest BCUT2D eigenvalue weighted by atomic mass is 35.5. The van der Waals surface area contributed by atoms with E-state index >= 15 is 0 Å². The summed E-state index contributed by atoms with van der Waals surface area (Å²) in [6.45, 7) is 3.80. The summed E-state index contributed by atoms with van der Waals surface area (Å²) in [6.07, 6.45) is 0. The topological polar surface area (TPSA) is 41.0 Å². The fourth-order valence-corrected chi connectivity index (χ4v) is 3.08. The van der Waals surface area contributed by atoms with E-state index in [0.717, 1.165) is 36.9 Å². The lowest BCUT2D eigenvalue weighted by Crippen LogP contribution is -2.45. The largest absolute Gasteiger partial charge is 0.314 e. The molecular weight excluding hydrogens is 315 g/mol. The van der Waals surface area contributed by atoms with Gasteiger partial charge in [0.15, 0.2) is 0 Å². The average molecular weight is 331 g/mol. The van der Waals surface area contributed by atoms with Crippen LogP contribution in [0.25, 0.3) is 0 Å². The number of nitrogens with zero attached hydrogens (tertiary/aromatic N) is 3. The number of rotatable bonds is 3. The number of hydrogen-bond donors (Lipinski definition) is 1. The van der Waals surface area contributed by atoms with Gasteiger partial charge in [-0.25, -0.2) is 0 Å². The van der Waals surface area contributed by atoms with Gasteiger partial charge in [0.05, 0.1) is 5.69 Å². The molecule has 1 aromatic heterocycles. The van der Waals surface area contributed by atoms with Gasteiger partial charge in [-0.2, -0.15) is 0 Å². The molecule has 1 unspecified atom stereocenters. The van der Waals surface area contributed by atoms with Crippen LogP contribution < -0.4 is 5.32 Å². The molecule has 0 aliphatic carbocycles. The molecule has 108 valence electrons. The molecule has 1 saturated heterocycles. The van der Waals surface area contributed by atoms with Crippen LogP contribution >= 0.6 is 35.5 Å². The minimum absolute atomic E-state index is 0. The van der Waals surface area contributed by atoms with Gasteiger partial charge in [0, 0.05) is 42.6 Å². The smallest absolute Gasteiger partial charge is 0.0895 e. The molecule has 2 heterocycles. The van der Waals surface area contributed by atoms with Crippen molar-refractivity contribution < 1.29 is 0 Å². The van der Waals surface area contributed by atoms with Crippen LogP contribution in [-0.2, 0) is 6.54 Å². The minimum Gasteiger partial charge on any atom is -0.314 e. The van der Waals surface area contributed by atoms with Gasteiger partial charge in [0.25, 0.3) is 0 Å². The second-order valence-electron chi connectivity index (χ2n) is 4.64. The minimum atomic E-state index is 0. The molecule has 0 amide bonds. The highest BCUT2D eigenvalue weighted by Gasteiger charge is 2.24. The first kappa shape index (κ1) is 15.7. The van der Waals surface area contributed by atoms with Gasteiger partial charge in [-0.05, 0) is 29.2 Å². The third-order valence-corrected chi connectivity index (χ3v) is 4.15. The molecule has 0 radical (unpaired) electrons. The fraction of sp³-hybridized carbons (Fsp3) is 0.385. The fourth-order valence-electron chi connectivity index (χ4n) is 2.44. The number of benzene rings is 1. The lowest BCUT2D eigenvalue weighted by Gasteiger charge is -2.36. The Morgan fingerprint density at radius 3 is 3.10 bits per heavy atom. The molecule has 0 saturated carbocycles. The standard InChI is InChI=1S/C13H15ClN4S.ClH/c14-11-3-1-2-10(6-11)13-7-15-4-5-18(13)8-12-9-19-17-16-12;/h1-3,6,9,13,15H,4-5,7-8H2;1H. The summed E-state index contributed by atoms with van der Waals surface area (Å²) in [4.78, 5) is 2.43. The highest BCUT2D eigenvalue weighted by Crippen LogP contribution is 2.25. The first-order chi connectivity index (χ1) is 9.33. The third-order valence-electron chi connectivity index (χ3n) is 3.36. The number of aromatic nitrogens is 2. The lowest BCUT2D eigenvalue weighted by molar-refractivity contribution is 0.152. The van der Waals surface area contributed by atoms with Crippen molar-refractivity contribution in [3.8, 4) is 0 Å². The van der Waals surface area contributed by atoms with Crippen molar-refractivity contribution in [1.82, 2.24) is 19.8 Å². The van der Waals surface area contributed by atoms with Crippen LogP contribution in [0, 0.1) is 0 Å². The van der Waals surface area contributed by atoms with E-state index in [0.29, 0.717) is 6.04 Å². The molecule has 20 heavy (non-hydrogen) atoms. The number of halogens is 2. The number of nitrogens with one attached hydrogen (secondary N) is 1. The zero-order chi connectivity index (χ0) is 13.1. The SMILES string of the molecule is Cl.Clc1cccc(C2CNCCN2Cc2csnn2)c1. The van der Waals surface area contributed by atoms with Crippen molar-refractivity contribution in [3.05, 3.63) is 45.9 Å². The maximum absolute atomic E-state index is 6.09. The van der Waals surface area contributed by atoms with E-state index in [-0.39, 0.29) is 12.4 Å². The molecule has 0 spiro atoms. The zero-order valence-electron chi connectivity index (χ0n) is 10.8. The normalized spacial score (nSPS) is 19.6. The van der Waals surface area contributed by atoms with E-state index in [1.54, 1.807) is 0 Å². The van der Waals surface area contributed by atoms with Gasteiger partial charge in [-0.15, -0.1) is 17.5 Å². The second-order valence-corrected chi connectivity index (χ2v) is 5.69. The Morgan fingerprint density at radius 1 is 1.45 bits per heavy atom. The van der Waals surface area contributed by atoms with E-state index in [1.165, 1.54) is 17.1 Å². The molecule has 7 heteroatoms. The van der Waals surface area contributed by atoms with Crippen LogP contribution in [0.4, 0.5) is 0 Å². The Balaban J connectivity index is 0.00000147. The van der Waals surface area contributed by atoms with E-state index in [1.807, 2.05) is 23.6 Å². The summed E-state index contributed by atoms with van der Waals surface area (Å²) in [6, 6.07) is 8.45. The zero-order valence-corrected chi connectivity index (χ0v) is 13.2. The lowest BCUT2D eigenvalue weighted by atomic mass is 10.0. The first-order valence-electron chi connectivity index (χ1n) is 6.29. The summed E-state index contributed by atoms with van der Waals surface area (Å²) >= 11 is 7.50. The number of piperazine rings is 1. The molecule has 1 fully saturated rings. The summed E-state index contributed by atoms with van der Waals surface area (Å²) in [5.41, 5.74) is 2.29. The van der Waals surface area contributed by atoms with Gasteiger partial charge in [-0.1, -0.05) is 28.2 Å². The van der Waals surface area contributed by atoms with Gasteiger partial charge >= 0.3 is 0 Å². The first-order valence-corrected chi connectivity index (χ1v) is 7.50. The Hall–Kier alpha value is -0.720. The van der Waals surface area contributed by atoms with Crippen molar-refractivity contribution in [2.45, 2.75) is 12.6 Å². The molecule has 1 aliphatic heterocycles. The Morgan fingerprint density at radius 2 is 2.35 bits per heavy atom. The van der Waals surface area contributed by atoms with Crippen molar-refractivity contribution in [3.63, 3.8) is 0 Å². The van der Waals surface area contributed by atoms with Crippen LogP contribution in [0.2, 0.25) is 5.02 Å². The third kappa shape index (κ3) is 3.68. The highest BCUT2D eigenvalue weighted by molar-refractivity contribution is 7.03.